The van der Waals surface area contributed by atoms with Crippen molar-refractivity contribution in [2.75, 3.05) is 13.2 Å². The highest BCUT2D eigenvalue weighted by Gasteiger charge is 2.54. The Morgan fingerprint density at radius 2 is 1.16 bits per heavy atom. The minimum absolute atomic E-state index is 0. The second-order valence-electron chi connectivity index (χ2n) is 35.8. The number of hydrogen-bond acceptors (Lipinski definition) is 10. The van der Waals surface area contributed by atoms with Crippen LogP contribution in [0.4, 0.5) is 4.70 Å². The molecule has 2 saturated heterocycles. The highest BCUT2D eigenvalue weighted by atomic mass is 79.9. The summed E-state index contributed by atoms with van der Waals surface area (Å²) >= 11 is 3.60. The van der Waals surface area contributed by atoms with Gasteiger partial charge in [0, 0.05) is 54.5 Å². The molecule has 99 heavy (non-hydrogen) atoms. The van der Waals surface area contributed by atoms with Crippen molar-refractivity contribution in [3.8, 4) is 12.3 Å². The third kappa shape index (κ3) is 22.1. The van der Waals surface area contributed by atoms with Gasteiger partial charge in [-0.1, -0.05) is 183 Å². The van der Waals surface area contributed by atoms with Crippen LogP contribution in [0.3, 0.4) is 0 Å². The molecule has 0 aromatic rings. The number of ether oxygens (including phenoxy) is 2. The fourth-order valence-electron chi connectivity index (χ4n) is 17.6. The largest absolute Gasteiger partial charge is 0.458 e. The summed E-state index contributed by atoms with van der Waals surface area (Å²) in [6, 6.07) is 0. The second kappa shape index (κ2) is 38.2. The van der Waals surface area contributed by atoms with Gasteiger partial charge >= 0.3 is 11.9 Å². The van der Waals surface area contributed by atoms with Crippen LogP contribution < -0.4 is 0 Å². The molecule has 0 unspecified atom stereocenters. The minimum Gasteiger partial charge on any atom is -0.458 e. The Morgan fingerprint density at radius 3 is 1.59 bits per heavy atom. The van der Waals surface area contributed by atoms with Crippen molar-refractivity contribution >= 4 is 52.8 Å². The van der Waals surface area contributed by atoms with Crippen LogP contribution in [0, 0.1) is 82.4 Å². The molecule has 0 radical (unpaired) electrons. The molecule has 0 amide bonds. The molecule has 18 atom stereocenters. The number of esters is 2. The SMILES string of the molecule is C#CC[C@@H](O[Si](C)(C)C(C)(C)C)[C@H](CCCO[Si](C)(C)C(C)(C)C)[C@@H](C=C)O[Si](C)(C)C(C)(C)C.C=C1/C(=C\C=C2/CCC[C@]3(C)[C@@H]([C@H](C)C[C@@H]4OC(=O)C(=C)[C@H]4CC)CC[C@@H]23)C[C@@H](O)[C@H](CCCO)[C@@H]1O.C=C1C(=O)O[C@@H](C[C@@H](C)[C@H]2CC[C@H]3/C(=C/Br)CCC[C@]23C)[C@@H]1CC.CC.F. The fourth-order valence-corrected chi connectivity index (χ4v) is 21.9. The molecule has 7 fully saturated rings. The lowest BCUT2D eigenvalue weighted by atomic mass is 9.60. The van der Waals surface area contributed by atoms with Gasteiger partial charge in [-0.25, -0.2) is 9.59 Å². The first-order chi connectivity index (χ1) is 45.5. The summed E-state index contributed by atoms with van der Waals surface area (Å²) in [6.07, 6.45) is 31.1. The highest BCUT2D eigenvalue weighted by molar-refractivity contribution is 9.11. The predicted octanol–water partition coefficient (Wildman–Crippen LogP) is 22.2. The number of cyclic esters (lactones) is 2. The van der Waals surface area contributed by atoms with Gasteiger partial charge < -0.3 is 38.1 Å². The zero-order valence-electron chi connectivity index (χ0n) is 67.0. The Hall–Kier alpha value is -2.50. The van der Waals surface area contributed by atoms with Crippen molar-refractivity contribution in [3.63, 3.8) is 0 Å². The van der Waals surface area contributed by atoms with Gasteiger partial charge in [-0.2, -0.15) is 0 Å². The van der Waals surface area contributed by atoms with E-state index in [1.807, 2.05) is 19.9 Å². The molecule has 0 aromatic heterocycles. The Morgan fingerprint density at radius 1 is 0.707 bits per heavy atom. The van der Waals surface area contributed by atoms with E-state index in [-0.39, 0.29) is 91.9 Å². The van der Waals surface area contributed by atoms with Crippen LogP contribution in [0.5, 0.6) is 0 Å². The molecule has 2 heterocycles. The standard InChI is InChI=1S/C32H48O5.C29H60O3Si3.C21H31BrO2.C2H6.FH/c1-6-24-21(4)31(36)37-29(24)17-19(2)26-13-14-27-22(9-7-15-32(26,27)5)11-12-23-18-28(34)25(10-8-16-33)30(35)20(23)3;1-18-21-26(32-35(16,17)29(9,10)11)24(22-20-23-30-33(12,13)27(3,4)5)25(19-2)31-34(14,15)28(6,7)8;1-5-16-14(3)20(23)24-19(16)11-13(2)17-8-9-18-15(12-22)7-6-10-21(17,18)4;1-2;/h11-12,19,24-30,33-35H,3-4,6-10,13-18H2,1-2,5H3;1,19,24-26H,2,20-23H2,3-17H3;12-13,16-19H,3,5-11H2,1-2,4H3;1-2H3;1H/b22-11+,23-12-;;15-12+;;/t19-,24-,25+,26-,27+,28-,29+,30-,32-;24-,25-,26-;13-,16-,17-,18+,19+,21-;;/m111../s1. The number of carbonyl (C=O) groups excluding carboxylic acids is 2. The summed E-state index contributed by atoms with van der Waals surface area (Å²) in [6.45, 7) is 69.6. The van der Waals surface area contributed by atoms with Crippen molar-refractivity contribution in [2.45, 2.75) is 337 Å². The van der Waals surface area contributed by atoms with Crippen molar-refractivity contribution < 1.29 is 52.4 Å². The van der Waals surface area contributed by atoms with E-state index in [4.69, 9.17) is 34.3 Å². The van der Waals surface area contributed by atoms with Crippen LogP contribution >= 0.6 is 15.9 Å². The van der Waals surface area contributed by atoms with Gasteiger partial charge in [0.2, 0.25) is 0 Å². The molecule has 568 valence electrons. The van der Waals surface area contributed by atoms with Crippen molar-refractivity contribution in [2.24, 2.45) is 70.0 Å². The molecular formula is C84H146BrFO10Si3. The Bertz CT molecular complexity index is 2800. The first-order valence-corrected chi connectivity index (χ1v) is 48.3. The highest BCUT2D eigenvalue weighted by Crippen LogP contribution is 2.62. The quantitative estimate of drug-likeness (QED) is 0.0202. The molecule has 15 heteroatoms. The van der Waals surface area contributed by atoms with Gasteiger partial charge in [-0.05, 0) is 239 Å². The number of allylic oxidation sites excluding steroid dienone is 4. The Balaban J connectivity index is 0.000000387. The lowest BCUT2D eigenvalue weighted by Gasteiger charge is -2.45. The molecule has 7 aliphatic rings. The summed E-state index contributed by atoms with van der Waals surface area (Å²) in [5.41, 5.74) is 6.74. The van der Waals surface area contributed by atoms with Crippen LogP contribution in [0.1, 0.15) is 246 Å². The Labute approximate surface area is 617 Å². The normalized spacial score (nSPS) is 31.8. The number of terminal acetylenes is 1. The molecule has 3 N–H and O–H groups in total. The molecule has 0 bridgehead atoms. The average molecular weight is 1500 g/mol. The number of fused-ring (bicyclic) bond motifs is 2. The molecule has 0 aromatic carbocycles. The maximum Gasteiger partial charge on any atom is 0.334 e. The van der Waals surface area contributed by atoms with Gasteiger partial charge in [0.1, 0.15) is 12.2 Å². The molecule has 10 nitrogen and oxygen atoms in total. The van der Waals surface area contributed by atoms with Crippen LogP contribution in [0.2, 0.25) is 54.4 Å². The number of hydrogen-bond donors (Lipinski definition) is 3. The number of aliphatic hydroxyl groups excluding tert-OH is 3. The number of aliphatic hydroxyl groups is 3. The van der Waals surface area contributed by atoms with E-state index in [2.05, 4.69) is 208 Å². The summed E-state index contributed by atoms with van der Waals surface area (Å²) in [7, 11) is -5.81. The van der Waals surface area contributed by atoms with Crippen LogP contribution in [0.15, 0.2) is 83.0 Å². The minimum atomic E-state index is -2.02. The molecule has 5 saturated carbocycles. The van der Waals surface area contributed by atoms with E-state index in [1.165, 1.54) is 63.4 Å². The summed E-state index contributed by atoms with van der Waals surface area (Å²) in [5.74, 6) is 6.46. The lowest BCUT2D eigenvalue weighted by molar-refractivity contribution is -0.141. The van der Waals surface area contributed by atoms with Gasteiger partial charge in [-0.15, -0.1) is 18.9 Å². The first kappa shape index (κ1) is 90.7. The predicted molar refractivity (Wildman–Crippen MR) is 426 cm³/mol. The number of rotatable bonds is 25. The lowest BCUT2D eigenvalue weighted by Crippen LogP contribution is -2.50. The summed E-state index contributed by atoms with van der Waals surface area (Å²) in [5, 5.41) is 31.0. The first-order valence-electron chi connectivity index (χ1n) is 38.7. The average Bonchev–Trinajstić information content (AvgIpc) is 1.63. The van der Waals surface area contributed by atoms with Gasteiger partial charge in [-0.3, -0.25) is 4.70 Å². The van der Waals surface area contributed by atoms with Crippen LogP contribution in [0.25, 0.3) is 0 Å². The molecule has 5 aliphatic carbocycles. The Kier molecular flexibility index (Phi) is 35.0. The van der Waals surface area contributed by atoms with Crippen molar-refractivity contribution in [1.29, 1.82) is 0 Å². The van der Waals surface area contributed by atoms with E-state index in [0.29, 0.717) is 71.5 Å². The maximum absolute atomic E-state index is 12.1. The van der Waals surface area contributed by atoms with Crippen molar-refractivity contribution in [1.82, 2.24) is 0 Å². The molecule has 2 aliphatic heterocycles. The van der Waals surface area contributed by atoms with Crippen molar-refractivity contribution in [3.05, 3.63) is 83.0 Å². The zero-order valence-corrected chi connectivity index (χ0v) is 71.6. The summed E-state index contributed by atoms with van der Waals surface area (Å²) in [4.78, 5) is 26.2. The maximum atomic E-state index is 12.1. The third-order valence-electron chi connectivity index (χ3n) is 26.7. The molecule has 7 rings (SSSR count). The number of halogens is 2. The van der Waals surface area contributed by atoms with E-state index >= 15 is 0 Å². The van der Waals surface area contributed by atoms with E-state index in [9.17, 15) is 19.8 Å². The summed E-state index contributed by atoms with van der Waals surface area (Å²) < 4.78 is 31.9. The zero-order chi connectivity index (χ0) is 74.5. The van der Waals surface area contributed by atoms with E-state index < -0.39 is 37.2 Å². The van der Waals surface area contributed by atoms with Crippen LogP contribution in [-0.2, 0) is 32.3 Å². The fraction of sp³-hybridized carbons (Fsp3) is 0.786. The molecule has 0 spiro atoms. The van der Waals surface area contributed by atoms with E-state index in [1.54, 1.807) is 5.57 Å². The topological polar surface area (TPSA) is 141 Å². The third-order valence-corrected chi connectivity index (χ3v) is 40.8. The van der Waals surface area contributed by atoms with Gasteiger partial charge in [0.05, 0.1) is 24.4 Å². The smallest absolute Gasteiger partial charge is 0.334 e. The monoisotopic (exact) mass is 1500 g/mol. The van der Waals surface area contributed by atoms with Crippen LogP contribution in [-0.4, -0.2) is 102 Å². The van der Waals surface area contributed by atoms with Gasteiger partial charge in [0.15, 0.2) is 25.0 Å². The van der Waals surface area contributed by atoms with E-state index in [0.717, 1.165) is 69.0 Å². The van der Waals surface area contributed by atoms with Gasteiger partial charge in [0.25, 0.3) is 0 Å². The molecular weight excluding hydrogens is 1350 g/mol. The number of carbonyl (C=O) groups is 2. The second-order valence-corrected chi connectivity index (χ2v) is 50.6.